The number of carbonyl (C=O) groups is 1. The summed E-state index contributed by atoms with van der Waals surface area (Å²) in [5.41, 5.74) is 1.55. The molecule has 3 nitrogen and oxygen atoms in total. The van der Waals surface area contributed by atoms with Crippen LogP contribution in [0.15, 0.2) is 6.07 Å². The van der Waals surface area contributed by atoms with Crippen LogP contribution in [0.1, 0.15) is 23.1 Å². The standard InChI is InChI=1S/C7H10N2O.ClH/c1-3-9-7(5-10)4-6(2)8-9;/h4-5H,3H2,1-2H3;1H. The van der Waals surface area contributed by atoms with Crippen molar-refractivity contribution in [2.24, 2.45) is 0 Å². The molecule has 0 bridgehead atoms. The molecule has 1 heterocycles. The Labute approximate surface area is 71.8 Å². The SMILES string of the molecule is CCn1nc(C)cc1C=O.Cl. The van der Waals surface area contributed by atoms with E-state index in [-0.39, 0.29) is 12.4 Å². The third-order valence-electron chi connectivity index (χ3n) is 1.35. The molecule has 0 aliphatic heterocycles. The number of nitrogens with zero attached hydrogens (tertiary/aromatic N) is 2. The average molecular weight is 175 g/mol. The second-order valence-corrected chi connectivity index (χ2v) is 2.14. The summed E-state index contributed by atoms with van der Waals surface area (Å²) in [4.78, 5) is 10.3. The van der Waals surface area contributed by atoms with Gasteiger partial charge in [0.25, 0.3) is 0 Å². The molecule has 0 aliphatic rings. The molecule has 0 aromatic carbocycles. The van der Waals surface area contributed by atoms with Crippen molar-refractivity contribution in [3.63, 3.8) is 0 Å². The molecule has 4 heteroatoms. The molecule has 1 aromatic rings. The van der Waals surface area contributed by atoms with Gasteiger partial charge in [0.2, 0.25) is 0 Å². The smallest absolute Gasteiger partial charge is 0.168 e. The Hall–Kier alpha value is -0.830. The molecule has 0 spiro atoms. The third kappa shape index (κ3) is 2.05. The van der Waals surface area contributed by atoms with E-state index in [1.54, 1.807) is 10.7 Å². The first-order valence-electron chi connectivity index (χ1n) is 3.27. The van der Waals surface area contributed by atoms with Crippen molar-refractivity contribution < 1.29 is 4.79 Å². The van der Waals surface area contributed by atoms with Gasteiger partial charge in [0.05, 0.1) is 5.69 Å². The normalized spacial score (nSPS) is 8.91. The van der Waals surface area contributed by atoms with Crippen molar-refractivity contribution in [1.82, 2.24) is 9.78 Å². The maximum atomic E-state index is 10.3. The fourth-order valence-corrected chi connectivity index (χ4v) is 0.914. The summed E-state index contributed by atoms with van der Waals surface area (Å²) >= 11 is 0. The number of carbonyl (C=O) groups excluding carboxylic acids is 1. The van der Waals surface area contributed by atoms with Gasteiger partial charge >= 0.3 is 0 Å². The zero-order chi connectivity index (χ0) is 7.56. The second kappa shape index (κ2) is 4.13. The van der Waals surface area contributed by atoms with Crippen molar-refractivity contribution in [2.45, 2.75) is 20.4 Å². The summed E-state index contributed by atoms with van der Waals surface area (Å²) in [5, 5.41) is 4.09. The maximum Gasteiger partial charge on any atom is 0.168 e. The van der Waals surface area contributed by atoms with Gasteiger partial charge in [-0.3, -0.25) is 9.48 Å². The first-order valence-corrected chi connectivity index (χ1v) is 3.27. The minimum atomic E-state index is 0. The van der Waals surface area contributed by atoms with E-state index in [1.165, 1.54) is 0 Å². The maximum absolute atomic E-state index is 10.3. The molecule has 0 unspecified atom stereocenters. The van der Waals surface area contributed by atoms with Crippen molar-refractivity contribution in [2.75, 3.05) is 0 Å². The van der Waals surface area contributed by atoms with E-state index in [4.69, 9.17) is 0 Å². The van der Waals surface area contributed by atoms with E-state index in [0.717, 1.165) is 18.5 Å². The number of halogens is 1. The van der Waals surface area contributed by atoms with Gasteiger partial charge in [0.1, 0.15) is 5.69 Å². The van der Waals surface area contributed by atoms with Gasteiger partial charge < -0.3 is 0 Å². The molecule has 0 N–H and O–H groups in total. The van der Waals surface area contributed by atoms with Crippen molar-refractivity contribution >= 4 is 18.7 Å². The van der Waals surface area contributed by atoms with E-state index >= 15 is 0 Å². The number of aldehydes is 1. The molecule has 0 saturated carbocycles. The van der Waals surface area contributed by atoms with Crippen LogP contribution in [-0.2, 0) is 6.54 Å². The van der Waals surface area contributed by atoms with Crippen LogP contribution in [0.2, 0.25) is 0 Å². The van der Waals surface area contributed by atoms with Crippen LogP contribution in [0.4, 0.5) is 0 Å². The summed E-state index contributed by atoms with van der Waals surface area (Å²) in [5.74, 6) is 0. The van der Waals surface area contributed by atoms with Crippen molar-refractivity contribution in [3.05, 3.63) is 17.5 Å². The predicted molar refractivity (Wildman–Crippen MR) is 45.3 cm³/mol. The van der Waals surface area contributed by atoms with E-state index < -0.39 is 0 Å². The van der Waals surface area contributed by atoms with Crippen molar-refractivity contribution in [1.29, 1.82) is 0 Å². The van der Waals surface area contributed by atoms with Gasteiger partial charge in [0, 0.05) is 6.54 Å². The minimum absolute atomic E-state index is 0. The zero-order valence-corrected chi connectivity index (χ0v) is 7.39. The lowest BCUT2D eigenvalue weighted by molar-refractivity contribution is 0.111. The molecule has 1 aromatic heterocycles. The van der Waals surface area contributed by atoms with Crippen molar-refractivity contribution in [3.8, 4) is 0 Å². The highest BCUT2D eigenvalue weighted by atomic mass is 35.5. The van der Waals surface area contributed by atoms with Crippen LogP contribution in [0.5, 0.6) is 0 Å². The number of hydrogen-bond donors (Lipinski definition) is 0. The van der Waals surface area contributed by atoms with Gasteiger partial charge in [0.15, 0.2) is 6.29 Å². The summed E-state index contributed by atoms with van der Waals surface area (Å²) < 4.78 is 1.68. The fourth-order valence-electron chi connectivity index (χ4n) is 0.914. The zero-order valence-electron chi connectivity index (χ0n) is 6.57. The molecule has 0 radical (unpaired) electrons. The second-order valence-electron chi connectivity index (χ2n) is 2.14. The van der Waals surface area contributed by atoms with Gasteiger partial charge in [-0.15, -0.1) is 12.4 Å². The molecule has 11 heavy (non-hydrogen) atoms. The van der Waals surface area contributed by atoms with Crippen LogP contribution in [0.3, 0.4) is 0 Å². The Morgan fingerprint density at radius 3 is 2.73 bits per heavy atom. The minimum Gasteiger partial charge on any atom is -0.296 e. The van der Waals surface area contributed by atoms with Gasteiger partial charge in [-0.25, -0.2) is 0 Å². The van der Waals surface area contributed by atoms with Crippen LogP contribution < -0.4 is 0 Å². The largest absolute Gasteiger partial charge is 0.296 e. The van der Waals surface area contributed by atoms with Gasteiger partial charge in [-0.05, 0) is 19.9 Å². The number of aromatic nitrogens is 2. The summed E-state index contributed by atoms with van der Waals surface area (Å²) in [6.07, 6.45) is 0.823. The monoisotopic (exact) mass is 174 g/mol. The highest BCUT2D eigenvalue weighted by Gasteiger charge is 1.99. The molecule has 0 atom stereocenters. The Morgan fingerprint density at radius 1 is 1.73 bits per heavy atom. The molecule has 62 valence electrons. The Morgan fingerprint density at radius 2 is 2.36 bits per heavy atom. The summed E-state index contributed by atoms with van der Waals surface area (Å²) in [6.45, 7) is 4.58. The third-order valence-corrected chi connectivity index (χ3v) is 1.35. The number of rotatable bonds is 2. The van der Waals surface area contributed by atoms with Crippen LogP contribution in [0, 0.1) is 6.92 Å². The highest BCUT2D eigenvalue weighted by Crippen LogP contribution is 1.99. The molecule has 0 amide bonds. The lowest BCUT2D eigenvalue weighted by Crippen LogP contribution is -2.00. The first kappa shape index (κ1) is 10.2. The lowest BCUT2D eigenvalue weighted by Gasteiger charge is -1.94. The molecular weight excluding hydrogens is 164 g/mol. The number of hydrogen-bond acceptors (Lipinski definition) is 2. The Balaban J connectivity index is 0.000001000. The quantitative estimate of drug-likeness (QED) is 0.636. The summed E-state index contributed by atoms with van der Waals surface area (Å²) in [6, 6.07) is 1.77. The predicted octanol–water partition coefficient (Wildman–Crippen LogP) is 1.45. The molecule has 0 saturated heterocycles. The van der Waals surface area contributed by atoms with E-state index in [0.29, 0.717) is 5.69 Å². The van der Waals surface area contributed by atoms with Crippen LogP contribution in [-0.4, -0.2) is 16.1 Å². The molecule has 1 rings (SSSR count). The van der Waals surface area contributed by atoms with E-state index in [9.17, 15) is 4.79 Å². The van der Waals surface area contributed by atoms with Gasteiger partial charge in [-0.1, -0.05) is 0 Å². The Bertz CT molecular complexity index is 245. The van der Waals surface area contributed by atoms with Crippen LogP contribution >= 0.6 is 12.4 Å². The topological polar surface area (TPSA) is 34.9 Å². The Kier molecular flexibility index (Phi) is 3.82. The van der Waals surface area contributed by atoms with E-state index in [2.05, 4.69) is 5.10 Å². The summed E-state index contributed by atoms with van der Waals surface area (Å²) in [7, 11) is 0. The lowest BCUT2D eigenvalue weighted by atomic mass is 10.4. The molecule has 0 aliphatic carbocycles. The van der Waals surface area contributed by atoms with Gasteiger partial charge in [-0.2, -0.15) is 5.10 Å². The first-order chi connectivity index (χ1) is 4.77. The average Bonchev–Trinajstić information content (AvgIpc) is 2.30. The van der Waals surface area contributed by atoms with E-state index in [1.807, 2.05) is 13.8 Å². The van der Waals surface area contributed by atoms with Crippen LogP contribution in [0.25, 0.3) is 0 Å². The molecular formula is C7H11ClN2O. The highest BCUT2D eigenvalue weighted by molar-refractivity contribution is 5.85. The fraction of sp³-hybridized carbons (Fsp3) is 0.429. The molecule has 0 fully saturated rings. The number of aryl methyl sites for hydroxylation is 2.